The SMILES string of the molecule is O=C(Nc1cccc(F)c1F)C1CCCN1. The molecule has 5 heteroatoms. The van der Waals surface area contributed by atoms with E-state index in [1.807, 2.05) is 0 Å². The van der Waals surface area contributed by atoms with Crippen molar-refractivity contribution in [2.45, 2.75) is 18.9 Å². The molecule has 0 bridgehead atoms. The van der Waals surface area contributed by atoms with E-state index in [9.17, 15) is 13.6 Å². The van der Waals surface area contributed by atoms with E-state index in [0.717, 1.165) is 25.5 Å². The fraction of sp³-hybridized carbons (Fsp3) is 0.364. The van der Waals surface area contributed by atoms with E-state index in [4.69, 9.17) is 0 Å². The number of anilines is 1. The van der Waals surface area contributed by atoms with E-state index in [-0.39, 0.29) is 17.6 Å². The number of benzene rings is 1. The Hall–Kier alpha value is -1.49. The van der Waals surface area contributed by atoms with Gasteiger partial charge in [0, 0.05) is 0 Å². The summed E-state index contributed by atoms with van der Waals surface area (Å²) in [6, 6.07) is 3.41. The van der Waals surface area contributed by atoms with Gasteiger partial charge < -0.3 is 10.6 Å². The molecule has 1 aliphatic heterocycles. The minimum atomic E-state index is -1.02. The van der Waals surface area contributed by atoms with Gasteiger partial charge >= 0.3 is 0 Å². The molecule has 0 saturated carbocycles. The molecule has 1 amide bonds. The second-order valence-corrected chi connectivity index (χ2v) is 3.74. The first-order valence-electron chi connectivity index (χ1n) is 5.17. The molecular weight excluding hydrogens is 214 g/mol. The minimum Gasteiger partial charge on any atom is -0.322 e. The summed E-state index contributed by atoms with van der Waals surface area (Å²) >= 11 is 0. The highest BCUT2D eigenvalue weighted by molar-refractivity contribution is 5.95. The van der Waals surface area contributed by atoms with Gasteiger partial charge in [0.1, 0.15) is 0 Å². The zero-order chi connectivity index (χ0) is 11.5. The fourth-order valence-corrected chi connectivity index (χ4v) is 1.73. The van der Waals surface area contributed by atoms with Crippen LogP contribution in [0.5, 0.6) is 0 Å². The molecule has 1 heterocycles. The van der Waals surface area contributed by atoms with E-state index in [0.29, 0.717) is 0 Å². The molecule has 0 radical (unpaired) electrons. The van der Waals surface area contributed by atoms with Crippen LogP contribution in [0.25, 0.3) is 0 Å². The molecule has 0 aromatic heterocycles. The predicted molar refractivity (Wildman–Crippen MR) is 56.0 cm³/mol. The van der Waals surface area contributed by atoms with Crippen molar-refractivity contribution in [1.29, 1.82) is 0 Å². The third kappa shape index (κ3) is 2.19. The van der Waals surface area contributed by atoms with Crippen LogP contribution in [-0.2, 0) is 4.79 Å². The first-order valence-corrected chi connectivity index (χ1v) is 5.17. The maximum Gasteiger partial charge on any atom is 0.241 e. The van der Waals surface area contributed by atoms with Gasteiger partial charge in [0.05, 0.1) is 11.7 Å². The van der Waals surface area contributed by atoms with Crippen molar-refractivity contribution in [2.24, 2.45) is 0 Å². The Labute approximate surface area is 91.8 Å². The molecule has 1 aromatic rings. The lowest BCUT2D eigenvalue weighted by Crippen LogP contribution is -2.35. The van der Waals surface area contributed by atoms with Gasteiger partial charge in [-0.2, -0.15) is 0 Å². The highest BCUT2D eigenvalue weighted by Gasteiger charge is 2.23. The van der Waals surface area contributed by atoms with Crippen molar-refractivity contribution in [2.75, 3.05) is 11.9 Å². The van der Waals surface area contributed by atoms with Crippen molar-refractivity contribution in [3.05, 3.63) is 29.8 Å². The smallest absolute Gasteiger partial charge is 0.241 e. The fourth-order valence-electron chi connectivity index (χ4n) is 1.73. The van der Waals surface area contributed by atoms with Crippen molar-refractivity contribution in [1.82, 2.24) is 5.32 Å². The van der Waals surface area contributed by atoms with Crippen LogP contribution < -0.4 is 10.6 Å². The molecule has 1 fully saturated rings. The molecule has 2 rings (SSSR count). The van der Waals surface area contributed by atoms with Gasteiger partial charge in [-0.15, -0.1) is 0 Å². The summed E-state index contributed by atoms with van der Waals surface area (Å²) in [5, 5.41) is 5.36. The van der Waals surface area contributed by atoms with E-state index in [2.05, 4.69) is 10.6 Å². The summed E-state index contributed by atoms with van der Waals surface area (Å²) in [5.74, 6) is -2.30. The number of hydrogen-bond donors (Lipinski definition) is 2. The second-order valence-electron chi connectivity index (χ2n) is 3.74. The normalized spacial score (nSPS) is 19.8. The van der Waals surface area contributed by atoms with Crippen molar-refractivity contribution >= 4 is 11.6 Å². The van der Waals surface area contributed by atoms with E-state index < -0.39 is 11.6 Å². The van der Waals surface area contributed by atoms with Crippen molar-refractivity contribution in [3.63, 3.8) is 0 Å². The van der Waals surface area contributed by atoms with Crippen molar-refractivity contribution in [3.8, 4) is 0 Å². The molecular formula is C11H12F2N2O. The molecule has 1 atom stereocenters. The van der Waals surface area contributed by atoms with Crippen LogP contribution in [0.15, 0.2) is 18.2 Å². The van der Waals surface area contributed by atoms with Gasteiger partial charge in [-0.1, -0.05) is 6.07 Å². The van der Waals surface area contributed by atoms with Gasteiger partial charge in [-0.3, -0.25) is 4.79 Å². The van der Waals surface area contributed by atoms with E-state index >= 15 is 0 Å². The quantitative estimate of drug-likeness (QED) is 0.805. The topological polar surface area (TPSA) is 41.1 Å². The minimum absolute atomic E-state index is 0.112. The molecule has 16 heavy (non-hydrogen) atoms. The summed E-state index contributed by atoms with van der Waals surface area (Å²) in [6.45, 7) is 0.781. The third-order valence-corrected chi connectivity index (χ3v) is 2.59. The lowest BCUT2D eigenvalue weighted by atomic mass is 10.2. The highest BCUT2D eigenvalue weighted by atomic mass is 19.2. The molecule has 1 aliphatic rings. The number of nitrogens with one attached hydrogen (secondary N) is 2. The van der Waals surface area contributed by atoms with Gasteiger partial charge in [-0.05, 0) is 31.5 Å². The molecule has 3 nitrogen and oxygen atoms in total. The molecule has 0 spiro atoms. The summed E-state index contributed by atoms with van der Waals surface area (Å²) in [4.78, 5) is 11.6. The van der Waals surface area contributed by atoms with Crippen LogP contribution in [-0.4, -0.2) is 18.5 Å². The zero-order valence-corrected chi connectivity index (χ0v) is 8.59. The van der Waals surface area contributed by atoms with Crippen LogP contribution in [0.2, 0.25) is 0 Å². The second kappa shape index (κ2) is 4.57. The Morgan fingerprint density at radius 3 is 2.94 bits per heavy atom. The van der Waals surface area contributed by atoms with E-state index in [1.165, 1.54) is 12.1 Å². The predicted octanol–water partition coefficient (Wildman–Crippen LogP) is 1.66. The Morgan fingerprint density at radius 2 is 2.25 bits per heavy atom. The maximum absolute atomic E-state index is 13.2. The van der Waals surface area contributed by atoms with Crippen LogP contribution in [0.1, 0.15) is 12.8 Å². The number of rotatable bonds is 2. The van der Waals surface area contributed by atoms with Gasteiger partial charge in [0.25, 0.3) is 0 Å². The largest absolute Gasteiger partial charge is 0.322 e. The van der Waals surface area contributed by atoms with Gasteiger partial charge in [-0.25, -0.2) is 8.78 Å². The average molecular weight is 226 g/mol. The molecule has 1 aromatic carbocycles. The summed E-state index contributed by atoms with van der Waals surface area (Å²) < 4.78 is 26.1. The Balaban J connectivity index is 2.08. The van der Waals surface area contributed by atoms with Crippen LogP contribution in [0, 0.1) is 11.6 Å². The Kier molecular flexibility index (Phi) is 3.14. The zero-order valence-electron chi connectivity index (χ0n) is 8.59. The first-order chi connectivity index (χ1) is 7.68. The summed E-state index contributed by atoms with van der Waals surface area (Å²) in [5.41, 5.74) is -0.112. The summed E-state index contributed by atoms with van der Waals surface area (Å²) in [7, 11) is 0. The number of halogens is 2. The van der Waals surface area contributed by atoms with E-state index in [1.54, 1.807) is 0 Å². The number of hydrogen-bond acceptors (Lipinski definition) is 2. The Bertz CT molecular complexity index is 403. The van der Waals surface area contributed by atoms with Crippen LogP contribution >= 0.6 is 0 Å². The first kappa shape index (κ1) is 11.0. The summed E-state index contributed by atoms with van der Waals surface area (Å²) in [6.07, 6.45) is 1.65. The lowest BCUT2D eigenvalue weighted by Gasteiger charge is -2.11. The standard InChI is InChI=1S/C11H12F2N2O/c12-7-3-1-4-8(10(7)13)15-11(16)9-5-2-6-14-9/h1,3-4,9,14H,2,5-6H2,(H,15,16). The third-order valence-electron chi connectivity index (χ3n) is 2.59. The lowest BCUT2D eigenvalue weighted by molar-refractivity contribution is -0.117. The number of amides is 1. The van der Waals surface area contributed by atoms with Crippen molar-refractivity contribution < 1.29 is 13.6 Å². The average Bonchev–Trinajstić information content (AvgIpc) is 2.78. The van der Waals surface area contributed by atoms with Gasteiger partial charge in [0.2, 0.25) is 5.91 Å². The van der Waals surface area contributed by atoms with Crippen LogP contribution in [0.3, 0.4) is 0 Å². The maximum atomic E-state index is 13.2. The van der Waals surface area contributed by atoms with Crippen LogP contribution in [0.4, 0.5) is 14.5 Å². The molecule has 86 valence electrons. The monoisotopic (exact) mass is 226 g/mol. The molecule has 2 N–H and O–H groups in total. The van der Waals surface area contributed by atoms with Gasteiger partial charge in [0.15, 0.2) is 11.6 Å². The molecule has 0 aliphatic carbocycles. The molecule has 1 saturated heterocycles. The number of carbonyl (C=O) groups is 1. The highest BCUT2D eigenvalue weighted by Crippen LogP contribution is 2.17. The number of carbonyl (C=O) groups excluding carboxylic acids is 1. The molecule has 1 unspecified atom stereocenters. The Morgan fingerprint density at radius 1 is 1.44 bits per heavy atom.